The van der Waals surface area contributed by atoms with E-state index >= 15 is 0 Å². The summed E-state index contributed by atoms with van der Waals surface area (Å²) in [5.74, 6) is -1.16. The topological polar surface area (TPSA) is 81.3 Å². The first-order valence-electron chi connectivity index (χ1n) is 4.33. The molecule has 6 heteroatoms. The quantitative estimate of drug-likeness (QED) is 0.613. The fourth-order valence-corrected chi connectivity index (χ4v) is 1.55. The Labute approximate surface area is 83.7 Å². The van der Waals surface area contributed by atoms with Crippen molar-refractivity contribution in [3.63, 3.8) is 0 Å². The van der Waals surface area contributed by atoms with Gasteiger partial charge in [0.2, 0.25) is 0 Å². The molecule has 1 aliphatic rings. The van der Waals surface area contributed by atoms with Crippen molar-refractivity contribution in [1.82, 2.24) is 9.36 Å². The average Bonchev–Trinajstić information content (AvgIpc) is 2.23. The van der Waals surface area contributed by atoms with Crippen molar-refractivity contribution >= 4 is 5.97 Å². The van der Waals surface area contributed by atoms with Gasteiger partial charge < -0.3 is 5.11 Å². The molecule has 1 unspecified atom stereocenters. The molecule has 0 aromatic carbocycles. The van der Waals surface area contributed by atoms with Crippen LogP contribution < -0.4 is 11.1 Å². The van der Waals surface area contributed by atoms with Gasteiger partial charge in [-0.15, -0.1) is 0 Å². The maximum Gasteiger partial charge on any atom is 0.332 e. The summed E-state index contributed by atoms with van der Waals surface area (Å²) >= 11 is 0. The van der Waals surface area contributed by atoms with Crippen LogP contribution >= 0.6 is 0 Å². The van der Waals surface area contributed by atoms with Crippen LogP contribution in [0.4, 0.5) is 0 Å². The van der Waals surface area contributed by atoms with Crippen LogP contribution in [-0.4, -0.2) is 20.4 Å². The Morgan fingerprint density at radius 2 is 2.00 bits per heavy atom. The number of carboxylic acids is 1. The molecule has 0 amide bonds. The first-order chi connectivity index (χ1) is 7.11. The number of carbonyl (C=O) groups is 1. The van der Waals surface area contributed by atoms with E-state index in [1.165, 1.54) is 6.08 Å². The van der Waals surface area contributed by atoms with Gasteiger partial charge in [0.15, 0.2) is 6.04 Å². The van der Waals surface area contributed by atoms with E-state index in [-0.39, 0.29) is 12.1 Å². The molecule has 2 rings (SSSR count). The van der Waals surface area contributed by atoms with Crippen LogP contribution in [0.2, 0.25) is 0 Å². The lowest BCUT2D eigenvalue weighted by Gasteiger charge is -2.21. The molecule has 0 spiro atoms. The largest absolute Gasteiger partial charge is 0.479 e. The smallest absolute Gasteiger partial charge is 0.332 e. The lowest BCUT2D eigenvalue weighted by molar-refractivity contribution is -0.140. The SMILES string of the molecule is O=C(O)C1C=CCn2c(=O)ccc(=O)n21. The lowest BCUT2D eigenvalue weighted by atomic mass is 10.2. The average molecular weight is 208 g/mol. The predicted molar refractivity (Wildman–Crippen MR) is 50.8 cm³/mol. The summed E-state index contributed by atoms with van der Waals surface area (Å²) < 4.78 is 2.06. The van der Waals surface area contributed by atoms with E-state index < -0.39 is 17.6 Å². The molecule has 1 aromatic rings. The van der Waals surface area contributed by atoms with Crippen LogP contribution in [0, 0.1) is 0 Å². The number of aromatic nitrogens is 2. The van der Waals surface area contributed by atoms with Crippen molar-refractivity contribution in [2.24, 2.45) is 0 Å². The number of allylic oxidation sites excluding steroid dienone is 1. The highest BCUT2D eigenvalue weighted by atomic mass is 16.4. The minimum absolute atomic E-state index is 0.221. The van der Waals surface area contributed by atoms with Crippen molar-refractivity contribution in [2.75, 3.05) is 0 Å². The molecule has 0 aliphatic carbocycles. The molecule has 1 atom stereocenters. The van der Waals surface area contributed by atoms with Crippen molar-refractivity contribution in [1.29, 1.82) is 0 Å². The van der Waals surface area contributed by atoms with Crippen molar-refractivity contribution in [2.45, 2.75) is 12.6 Å². The van der Waals surface area contributed by atoms with E-state index in [2.05, 4.69) is 0 Å². The van der Waals surface area contributed by atoms with Gasteiger partial charge in [-0.1, -0.05) is 12.2 Å². The van der Waals surface area contributed by atoms with E-state index in [0.717, 1.165) is 21.5 Å². The number of fused-ring (bicyclic) bond motifs is 1. The Morgan fingerprint density at radius 1 is 1.33 bits per heavy atom. The molecule has 1 aliphatic heterocycles. The Kier molecular flexibility index (Phi) is 2.03. The van der Waals surface area contributed by atoms with Gasteiger partial charge in [0.25, 0.3) is 11.1 Å². The van der Waals surface area contributed by atoms with E-state index in [0.29, 0.717) is 0 Å². The monoisotopic (exact) mass is 208 g/mol. The summed E-state index contributed by atoms with van der Waals surface area (Å²) in [7, 11) is 0. The Balaban J connectivity index is 2.75. The number of nitrogens with zero attached hydrogens (tertiary/aromatic N) is 2. The van der Waals surface area contributed by atoms with E-state index in [4.69, 9.17) is 5.11 Å². The maximum absolute atomic E-state index is 11.4. The second-order valence-corrected chi connectivity index (χ2v) is 3.15. The van der Waals surface area contributed by atoms with Crippen LogP contribution in [0.15, 0.2) is 33.9 Å². The third kappa shape index (κ3) is 1.39. The minimum Gasteiger partial charge on any atom is -0.479 e. The van der Waals surface area contributed by atoms with Gasteiger partial charge >= 0.3 is 5.97 Å². The van der Waals surface area contributed by atoms with Crippen LogP contribution in [0.3, 0.4) is 0 Å². The highest BCUT2D eigenvalue weighted by molar-refractivity contribution is 5.74. The van der Waals surface area contributed by atoms with E-state index in [1.54, 1.807) is 6.08 Å². The maximum atomic E-state index is 11.4. The number of hydrogen-bond acceptors (Lipinski definition) is 3. The molecule has 1 N–H and O–H groups in total. The summed E-state index contributed by atoms with van der Waals surface area (Å²) in [6.07, 6.45) is 2.95. The molecule has 0 fully saturated rings. The summed E-state index contributed by atoms with van der Waals surface area (Å²) in [5.41, 5.74) is -0.878. The molecular formula is C9H8N2O4. The Hall–Kier alpha value is -2.11. The summed E-state index contributed by atoms with van der Waals surface area (Å²) in [4.78, 5) is 33.7. The highest BCUT2D eigenvalue weighted by Crippen LogP contribution is 2.09. The second kappa shape index (κ2) is 3.23. The lowest BCUT2D eigenvalue weighted by Crippen LogP contribution is -2.43. The van der Waals surface area contributed by atoms with Gasteiger partial charge in [0.05, 0.1) is 6.54 Å². The minimum atomic E-state index is -1.16. The number of carboxylic acid groups (broad SMARTS) is 1. The molecular weight excluding hydrogens is 200 g/mol. The van der Waals surface area contributed by atoms with Crippen LogP contribution in [0.1, 0.15) is 6.04 Å². The van der Waals surface area contributed by atoms with Gasteiger partial charge in [-0.3, -0.25) is 9.59 Å². The normalized spacial score (nSPS) is 18.5. The summed E-state index contributed by atoms with van der Waals surface area (Å²) in [6.45, 7) is 0.221. The van der Waals surface area contributed by atoms with Crippen LogP contribution in [0.5, 0.6) is 0 Å². The molecule has 15 heavy (non-hydrogen) atoms. The van der Waals surface area contributed by atoms with Gasteiger partial charge in [-0.2, -0.15) is 0 Å². The molecule has 0 saturated carbocycles. The van der Waals surface area contributed by atoms with Crippen molar-refractivity contribution in [3.8, 4) is 0 Å². The van der Waals surface area contributed by atoms with Gasteiger partial charge in [0.1, 0.15) is 0 Å². The summed E-state index contributed by atoms with van der Waals surface area (Å²) in [6, 6.07) is 1.12. The molecule has 0 bridgehead atoms. The molecule has 0 saturated heterocycles. The number of hydrogen-bond donors (Lipinski definition) is 1. The van der Waals surface area contributed by atoms with Crippen LogP contribution in [-0.2, 0) is 11.3 Å². The zero-order valence-electron chi connectivity index (χ0n) is 7.66. The molecule has 6 nitrogen and oxygen atoms in total. The standard InChI is InChI=1S/C9H8N2O4/c12-7-3-4-8(13)11-6(9(14)15)2-1-5-10(7)11/h1-4,6H,5H2,(H,14,15). The first kappa shape index (κ1) is 9.45. The molecule has 0 radical (unpaired) electrons. The van der Waals surface area contributed by atoms with Crippen molar-refractivity contribution in [3.05, 3.63) is 45.0 Å². The Morgan fingerprint density at radius 3 is 2.67 bits per heavy atom. The fourth-order valence-electron chi connectivity index (χ4n) is 1.55. The molecule has 1 aromatic heterocycles. The van der Waals surface area contributed by atoms with Crippen LogP contribution in [0.25, 0.3) is 0 Å². The van der Waals surface area contributed by atoms with Gasteiger partial charge in [-0.05, 0) is 0 Å². The number of rotatable bonds is 1. The Bertz CT molecular complexity index is 552. The van der Waals surface area contributed by atoms with E-state index in [9.17, 15) is 14.4 Å². The second-order valence-electron chi connectivity index (χ2n) is 3.15. The van der Waals surface area contributed by atoms with Gasteiger partial charge in [-0.25, -0.2) is 14.2 Å². The molecule has 2 heterocycles. The first-order valence-corrected chi connectivity index (χ1v) is 4.33. The van der Waals surface area contributed by atoms with Gasteiger partial charge in [0, 0.05) is 12.1 Å². The van der Waals surface area contributed by atoms with E-state index in [1.807, 2.05) is 0 Å². The number of aliphatic carboxylic acids is 1. The fraction of sp³-hybridized carbons (Fsp3) is 0.222. The zero-order chi connectivity index (χ0) is 11.0. The zero-order valence-corrected chi connectivity index (χ0v) is 7.66. The predicted octanol–water partition coefficient (Wildman–Crippen LogP) is -0.794. The third-order valence-corrected chi connectivity index (χ3v) is 2.22. The summed E-state index contributed by atoms with van der Waals surface area (Å²) in [5, 5.41) is 8.87. The molecule has 78 valence electrons. The van der Waals surface area contributed by atoms with Crippen molar-refractivity contribution < 1.29 is 9.90 Å². The third-order valence-electron chi connectivity index (χ3n) is 2.22. The highest BCUT2D eigenvalue weighted by Gasteiger charge is 2.23.